The van der Waals surface area contributed by atoms with Crippen LogP contribution < -0.4 is 5.32 Å². The molecule has 0 aliphatic heterocycles. The highest BCUT2D eigenvalue weighted by Crippen LogP contribution is 2.24. The van der Waals surface area contributed by atoms with Gasteiger partial charge in [-0.1, -0.05) is 42.5 Å². The number of carbonyl (C=O) groups is 1. The van der Waals surface area contributed by atoms with Crippen molar-refractivity contribution in [2.75, 3.05) is 5.32 Å². The molecular weight excluding hydrogens is 271 g/mol. The number of carbonyl (C=O) groups excluding carboxylic acids is 1. The van der Waals surface area contributed by atoms with Crippen molar-refractivity contribution < 1.29 is 13.6 Å². The van der Waals surface area contributed by atoms with Crippen molar-refractivity contribution >= 4 is 11.6 Å². The zero-order valence-corrected chi connectivity index (χ0v) is 10.9. The highest BCUT2D eigenvalue weighted by molar-refractivity contribution is 6.06. The molecule has 0 aliphatic rings. The van der Waals surface area contributed by atoms with Crippen LogP contribution in [0.1, 0.15) is 10.5 Å². The van der Waals surface area contributed by atoms with Gasteiger partial charge in [0.1, 0.15) is 5.82 Å². The molecule has 4 nitrogen and oxygen atoms in total. The summed E-state index contributed by atoms with van der Waals surface area (Å²) in [6.07, 6.45) is 1.19. The van der Waals surface area contributed by atoms with E-state index in [1.807, 2.05) is 18.2 Å². The molecular formula is C16H11FN2O2. The lowest BCUT2D eigenvalue weighted by Gasteiger charge is -2.05. The lowest BCUT2D eigenvalue weighted by molar-refractivity contribution is 0.102. The maximum absolute atomic E-state index is 13.6. The van der Waals surface area contributed by atoms with E-state index in [2.05, 4.69) is 10.3 Å². The molecule has 21 heavy (non-hydrogen) atoms. The van der Waals surface area contributed by atoms with Gasteiger partial charge in [0, 0.05) is 5.56 Å². The maximum atomic E-state index is 13.6. The second-order valence-electron chi connectivity index (χ2n) is 4.33. The molecule has 1 amide bonds. The van der Waals surface area contributed by atoms with Gasteiger partial charge in [-0.25, -0.2) is 9.37 Å². The van der Waals surface area contributed by atoms with Crippen LogP contribution in [0.25, 0.3) is 11.3 Å². The molecule has 0 bridgehead atoms. The molecule has 104 valence electrons. The van der Waals surface area contributed by atoms with Crippen LogP contribution in [0.5, 0.6) is 0 Å². The molecule has 0 aliphatic carbocycles. The summed E-state index contributed by atoms with van der Waals surface area (Å²) in [5.74, 6) is -0.673. The number of hydrogen-bond acceptors (Lipinski definition) is 3. The third-order valence-electron chi connectivity index (χ3n) is 2.94. The van der Waals surface area contributed by atoms with E-state index in [-0.39, 0.29) is 11.4 Å². The van der Waals surface area contributed by atoms with Crippen molar-refractivity contribution in [1.82, 2.24) is 4.98 Å². The Bertz CT molecular complexity index is 769. The van der Waals surface area contributed by atoms with E-state index in [0.717, 1.165) is 5.56 Å². The van der Waals surface area contributed by atoms with Crippen molar-refractivity contribution in [3.05, 3.63) is 72.5 Å². The molecule has 1 N–H and O–H groups in total. The van der Waals surface area contributed by atoms with Crippen LogP contribution in [-0.4, -0.2) is 10.9 Å². The molecule has 3 rings (SSSR count). The number of benzene rings is 2. The van der Waals surface area contributed by atoms with Crippen LogP contribution >= 0.6 is 0 Å². The molecule has 2 aromatic carbocycles. The number of rotatable bonds is 3. The number of amides is 1. The molecule has 0 saturated carbocycles. The van der Waals surface area contributed by atoms with Crippen molar-refractivity contribution in [1.29, 1.82) is 0 Å². The first-order chi connectivity index (χ1) is 10.3. The summed E-state index contributed by atoms with van der Waals surface area (Å²) in [7, 11) is 0. The van der Waals surface area contributed by atoms with Crippen molar-refractivity contribution in [2.24, 2.45) is 0 Å². The zero-order valence-electron chi connectivity index (χ0n) is 10.9. The van der Waals surface area contributed by atoms with Crippen molar-refractivity contribution in [3.63, 3.8) is 0 Å². The van der Waals surface area contributed by atoms with Crippen LogP contribution in [0.2, 0.25) is 0 Å². The Balaban J connectivity index is 1.90. The lowest BCUT2D eigenvalue weighted by Crippen LogP contribution is -2.14. The predicted molar refractivity (Wildman–Crippen MR) is 76.3 cm³/mol. The Hall–Kier alpha value is -2.95. The van der Waals surface area contributed by atoms with Gasteiger partial charge < -0.3 is 9.73 Å². The monoisotopic (exact) mass is 282 g/mol. The van der Waals surface area contributed by atoms with Crippen LogP contribution in [0.15, 0.2) is 65.4 Å². The van der Waals surface area contributed by atoms with Gasteiger partial charge in [0.25, 0.3) is 5.91 Å². The summed E-state index contributed by atoms with van der Waals surface area (Å²) in [4.78, 5) is 16.1. The molecule has 0 radical (unpaired) electrons. The lowest BCUT2D eigenvalue weighted by atomic mass is 10.1. The van der Waals surface area contributed by atoms with Gasteiger partial charge in [-0.05, 0) is 12.1 Å². The number of anilines is 1. The normalized spacial score (nSPS) is 10.3. The van der Waals surface area contributed by atoms with E-state index in [1.165, 1.54) is 18.5 Å². The summed E-state index contributed by atoms with van der Waals surface area (Å²) in [6, 6.07) is 15.1. The average Bonchev–Trinajstić information content (AvgIpc) is 3.00. The summed E-state index contributed by atoms with van der Waals surface area (Å²) in [5.41, 5.74) is 0.947. The standard InChI is InChI=1S/C16H11FN2O2/c17-12-8-4-5-9-13(12)19-16(20)14-15(21-10-18-14)11-6-2-1-3-7-11/h1-10H,(H,19,20). The highest BCUT2D eigenvalue weighted by atomic mass is 19.1. The van der Waals surface area contributed by atoms with Crippen LogP contribution in [0, 0.1) is 5.82 Å². The van der Waals surface area contributed by atoms with Gasteiger partial charge in [-0.15, -0.1) is 0 Å². The minimum Gasteiger partial charge on any atom is -0.443 e. The fraction of sp³-hybridized carbons (Fsp3) is 0. The van der Waals surface area contributed by atoms with Crippen LogP contribution in [-0.2, 0) is 0 Å². The SMILES string of the molecule is O=C(Nc1ccccc1F)c1ncoc1-c1ccccc1. The van der Waals surface area contributed by atoms with Crippen LogP contribution in [0.4, 0.5) is 10.1 Å². The maximum Gasteiger partial charge on any atom is 0.278 e. The first-order valence-corrected chi connectivity index (χ1v) is 6.30. The Morgan fingerprint density at radius 3 is 2.52 bits per heavy atom. The zero-order chi connectivity index (χ0) is 14.7. The highest BCUT2D eigenvalue weighted by Gasteiger charge is 2.19. The fourth-order valence-corrected chi connectivity index (χ4v) is 1.95. The smallest absolute Gasteiger partial charge is 0.278 e. The first-order valence-electron chi connectivity index (χ1n) is 6.30. The Labute approximate surface area is 120 Å². The molecule has 0 unspecified atom stereocenters. The number of hydrogen-bond donors (Lipinski definition) is 1. The number of nitrogens with one attached hydrogen (secondary N) is 1. The molecule has 1 aromatic heterocycles. The third-order valence-corrected chi connectivity index (χ3v) is 2.94. The van der Waals surface area contributed by atoms with Gasteiger partial charge >= 0.3 is 0 Å². The van der Waals surface area contributed by atoms with Gasteiger partial charge in [-0.3, -0.25) is 4.79 Å². The largest absolute Gasteiger partial charge is 0.443 e. The van der Waals surface area contributed by atoms with Gasteiger partial charge in [-0.2, -0.15) is 0 Å². The predicted octanol–water partition coefficient (Wildman–Crippen LogP) is 3.73. The average molecular weight is 282 g/mol. The topological polar surface area (TPSA) is 55.1 Å². The Morgan fingerprint density at radius 2 is 1.76 bits per heavy atom. The summed E-state index contributed by atoms with van der Waals surface area (Å²) in [6.45, 7) is 0. The number of halogens is 1. The molecule has 1 heterocycles. The van der Waals surface area contributed by atoms with E-state index in [4.69, 9.17) is 4.42 Å². The van der Waals surface area contributed by atoms with E-state index < -0.39 is 11.7 Å². The van der Waals surface area contributed by atoms with Crippen molar-refractivity contribution in [2.45, 2.75) is 0 Å². The third kappa shape index (κ3) is 2.67. The second kappa shape index (κ2) is 5.58. The van der Waals surface area contributed by atoms with E-state index >= 15 is 0 Å². The Kier molecular flexibility index (Phi) is 3.47. The number of aromatic nitrogens is 1. The number of nitrogens with zero attached hydrogens (tertiary/aromatic N) is 1. The summed E-state index contributed by atoms with van der Waals surface area (Å²) < 4.78 is 18.8. The second-order valence-corrected chi connectivity index (χ2v) is 4.33. The fourth-order valence-electron chi connectivity index (χ4n) is 1.95. The first kappa shape index (κ1) is 13.1. The molecule has 0 spiro atoms. The molecule has 0 atom stereocenters. The minimum atomic E-state index is -0.521. The number of para-hydroxylation sites is 1. The van der Waals surface area contributed by atoms with Gasteiger partial charge in [0.15, 0.2) is 17.8 Å². The van der Waals surface area contributed by atoms with Gasteiger partial charge in [0.2, 0.25) is 0 Å². The van der Waals surface area contributed by atoms with E-state index in [0.29, 0.717) is 5.76 Å². The van der Waals surface area contributed by atoms with E-state index in [9.17, 15) is 9.18 Å². The molecule has 5 heteroatoms. The van der Waals surface area contributed by atoms with Gasteiger partial charge in [0.05, 0.1) is 5.69 Å². The quantitative estimate of drug-likeness (QED) is 0.796. The summed E-state index contributed by atoms with van der Waals surface area (Å²) in [5, 5.41) is 2.49. The van der Waals surface area contributed by atoms with E-state index in [1.54, 1.807) is 24.3 Å². The number of oxazole rings is 1. The van der Waals surface area contributed by atoms with Crippen molar-refractivity contribution in [3.8, 4) is 11.3 Å². The molecule has 0 fully saturated rings. The minimum absolute atomic E-state index is 0.101. The summed E-state index contributed by atoms with van der Waals surface area (Å²) >= 11 is 0. The Morgan fingerprint density at radius 1 is 1.05 bits per heavy atom. The molecule has 0 saturated heterocycles. The van der Waals surface area contributed by atoms with Crippen LogP contribution in [0.3, 0.4) is 0 Å². The molecule has 3 aromatic rings.